The first-order chi connectivity index (χ1) is 13.7. The van der Waals surface area contributed by atoms with Crippen LogP contribution in [0.5, 0.6) is 0 Å². The Kier molecular flexibility index (Phi) is 5.68. The zero-order valence-corrected chi connectivity index (χ0v) is 16.4. The largest absolute Gasteiger partial charge is 0.395 e. The van der Waals surface area contributed by atoms with Gasteiger partial charge in [-0.1, -0.05) is 19.3 Å². The lowest BCUT2D eigenvalue weighted by atomic mass is 9.89. The maximum atomic E-state index is 6.39. The molecule has 0 amide bonds. The summed E-state index contributed by atoms with van der Waals surface area (Å²) in [6.45, 7) is 0.928. The van der Waals surface area contributed by atoms with Crippen molar-refractivity contribution in [3.63, 3.8) is 0 Å². The van der Waals surface area contributed by atoms with Gasteiger partial charge in [0, 0.05) is 18.2 Å². The van der Waals surface area contributed by atoms with Crippen LogP contribution in [0.1, 0.15) is 74.5 Å². The monoisotopic (exact) mass is 384 g/mol. The molecule has 2 aromatic heterocycles. The Labute approximate surface area is 166 Å². The number of hydrogen-bond donors (Lipinski definition) is 5. The summed E-state index contributed by atoms with van der Waals surface area (Å²) in [5.74, 6) is 6.54. The first-order valence-electron chi connectivity index (χ1n) is 10.5. The lowest BCUT2D eigenvalue weighted by Crippen LogP contribution is -2.32. The minimum atomic E-state index is 0.0981. The van der Waals surface area contributed by atoms with Crippen molar-refractivity contribution in [3.8, 4) is 0 Å². The summed E-state index contributed by atoms with van der Waals surface area (Å²) in [5.41, 5.74) is 17.7. The van der Waals surface area contributed by atoms with Gasteiger partial charge in [-0.15, -0.1) is 0 Å². The average Bonchev–Trinajstić information content (AvgIpc) is 3.45. The van der Waals surface area contributed by atoms with Crippen molar-refractivity contribution in [1.29, 1.82) is 0 Å². The van der Waals surface area contributed by atoms with Crippen LogP contribution in [0.3, 0.4) is 0 Å². The first kappa shape index (κ1) is 19.0. The number of hydrogen-bond acceptors (Lipinski definition) is 7. The molecule has 2 heterocycles. The van der Waals surface area contributed by atoms with Crippen LogP contribution in [-0.4, -0.2) is 27.4 Å². The van der Waals surface area contributed by atoms with Gasteiger partial charge in [-0.3, -0.25) is 4.68 Å². The number of aromatic nitrogens is 3. The highest BCUT2D eigenvalue weighted by atomic mass is 15.3. The highest BCUT2D eigenvalue weighted by Gasteiger charge is 2.27. The molecule has 8 nitrogen and oxygen atoms in total. The number of nitrogens with zero attached hydrogens (tertiary/aromatic N) is 3. The third-order valence-electron chi connectivity index (χ3n) is 6.04. The van der Waals surface area contributed by atoms with Crippen LogP contribution in [0, 0.1) is 0 Å². The van der Waals surface area contributed by atoms with Crippen LogP contribution >= 0.6 is 0 Å². The fraction of sp³-hybridized carbons (Fsp3) is 0.600. The van der Waals surface area contributed by atoms with Gasteiger partial charge in [0.05, 0.1) is 17.9 Å². The normalized spacial score (nSPS) is 18.9. The summed E-state index contributed by atoms with van der Waals surface area (Å²) in [6, 6.07) is 3.05. The van der Waals surface area contributed by atoms with E-state index < -0.39 is 0 Å². The molecule has 1 unspecified atom stereocenters. The van der Waals surface area contributed by atoms with Crippen LogP contribution < -0.4 is 28.1 Å². The first-order valence-corrected chi connectivity index (χ1v) is 10.5. The van der Waals surface area contributed by atoms with E-state index in [-0.39, 0.29) is 5.92 Å². The van der Waals surface area contributed by atoms with Crippen molar-refractivity contribution in [2.45, 2.75) is 69.4 Å². The standard InChI is InChI=1S/C20H32N8/c21-18-10-17(19(22)20(26-18)27-23)16(8-9-24-14-4-2-1-3-5-14)13-11-25-28(12-13)15-6-7-15/h10-12,14-16,24H,1-9,22-23H2,(H3,21,26,27). The molecule has 152 valence electrons. The van der Waals surface area contributed by atoms with E-state index in [0.29, 0.717) is 29.4 Å². The van der Waals surface area contributed by atoms with Crippen LogP contribution in [-0.2, 0) is 0 Å². The molecular weight excluding hydrogens is 352 g/mol. The highest BCUT2D eigenvalue weighted by Crippen LogP contribution is 2.38. The number of hydrazine groups is 1. The molecule has 0 saturated heterocycles. The number of nitrogens with two attached hydrogens (primary N) is 3. The van der Waals surface area contributed by atoms with E-state index in [1.807, 2.05) is 12.3 Å². The van der Waals surface area contributed by atoms with E-state index in [0.717, 1.165) is 24.1 Å². The molecule has 4 rings (SSSR count). The van der Waals surface area contributed by atoms with Crippen molar-refractivity contribution < 1.29 is 0 Å². The Morgan fingerprint density at radius 1 is 1.14 bits per heavy atom. The Bertz CT molecular complexity index is 791. The van der Waals surface area contributed by atoms with Gasteiger partial charge in [0.2, 0.25) is 0 Å². The minimum Gasteiger partial charge on any atom is -0.395 e. The molecule has 2 aliphatic rings. The molecule has 8 N–H and O–H groups in total. The van der Waals surface area contributed by atoms with Crippen LogP contribution in [0.2, 0.25) is 0 Å². The van der Waals surface area contributed by atoms with Crippen LogP contribution in [0.15, 0.2) is 18.5 Å². The SMILES string of the molecule is NNc1nc(N)cc(C(CCNC2CCCCC2)c2cnn(C3CC3)c2)c1N. The van der Waals surface area contributed by atoms with E-state index in [1.54, 1.807) is 0 Å². The summed E-state index contributed by atoms with van der Waals surface area (Å²) >= 11 is 0. The molecule has 2 aliphatic carbocycles. The quantitative estimate of drug-likeness (QED) is 0.349. The van der Waals surface area contributed by atoms with Crippen molar-refractivity contribution in [2.75, 3.05) is 23.4 Å². The maximum absolute atomic E-state index is 6.39. The second kappa shape index (κ2) is 8.36. The second-order valence-corrected chi connectivity index (χ2v) is 8.16. The van der Waals surface area contributed by atoms with Crippen molar-refractivity contribution in [1.82, 2.24) is 20.1 Å². The molecule has 28 heavy (non-hydrogen) atoms. The fourth-order valence-corrected chi connectivity index (χ4v) is 4.31. The summed E-state index contributed by atoms with van der Waals surface area (Å²) in [4.78, 5) is 4.21. The van der Waals surface area contributed by atoms with Gasteiger partial charge in [-0.05, 0) is 55.8 Å². The fourth-order valence-electron chi connectivity index (χ4n) is 4.31. The molecular formula is C20H32N8. The van der Waals surface area contributed by atoms with Gasteiger partial charge in [-0.2, -0.15) is 5.10 Å². The van der Waals surface area contributed by atoms with Gasteiger partial charge in [0.25, 0.3) is 0 Å². The average molecular weight is 385 g/mol. The lowest BCUT2D eigenvalue weighted by molar-refractivity contribution is 0.370. The van der Waals surface area contributed by atoms with Crippen LogP contribution in [0.4, 0.5) is 17.3 Å². The van der Waals surface area contributed by atoms with Gasteiger partial charge in [0.1, 0.15) is 5.82 Å². The molecule has 0 aromatic carbocycles. The summed E-state index contributed by atoms with van der Waals surface area (Å²) in [6.07, 6.45) is 14.0. The number of anilines is 3. The Morgan fingerprint density at radius 3 is 2.64 bits per heavy atom. The second-order valence-electron chi connectivity index (χ2n) is 8.16. The summed E-state index contributed by atoms with van der Waals surface area (Å²) in [7, 11) is 0. The Hall–Kier alpha value is -2.32. The number of rotatable bonds is 8. The number of pyridine rings is 1. The number of nitrogen functional groups attached to an aromatic ring is 3. The highest BCUT2D eigenvalue weighted by molar-refractivity contribution is 5.70. The molecule has 2 fully saturated rings. The molecule has 8 heteroatoms. The molecule has 2 aromatic rings. The van der Waals surface area contributed by atoms with E-state index >= 15 is 0 Å². The van der Waals surface area contributed by atoms with E-state index in [9.17, 15) is 0 Å². The Morgan fingerprint density at radius 2 is 1.93 bits per heavy atom. The Balaban J connectivity index is 1.56. The summed E-state index contributed by atoms with van der Waals surface area (Å²) < 4.78 is 2.08. The lowest BCUT2D eigenvalue weighted by Gasteiger charge is -2.25. The molecule has 0 spiro atoms. The minimum absolute atomic E-state index is 0.0981. The van der Waals surface area contributed by atoms with Gasteiger partial charge in [-0.25, -0.2) is 10.8 Å². The smallest absolute Gasteiger partial charge is 0.165 e. The van der Waals surface area contributed by atoms with E-state index in [1.165, 1.54) is 44.9 Å². The zero-order valence-electron chi connectivity index (χ0n) is 16.4. The van der Waals surface area contributed by atoms with Crippen LogP contribution in [0.25, 0.3) is 0 Å². The topological polar surface area (TPSA) is 133 Å². The molecule has 2 saturated carbocycles. The van der Waals surface area contributed by atoms with Gasteiger partial charge >= 0.3 is 0 Å². The molecule has 0 radical (unpaired) electrons. The predicted molar refractivity (Wildman–Crippen MR) is 113 cm³/mol. The molecule has 1 atom stereocenters. The van der Waals surface area contributed by atoms with Gasteiger partial charge < -0.3 is 22.2 Å². The zero-order chi connectivity index (χ0) is 19.5. The third kappa shape index (κ3) is 4.23. The van der Waals surface area contributed by atoms with Crippen molar-refractivity contribution in [3.05, 3.63) is 29.6 Å². The molecule has 0 aliphatic heterocycles. The van der Waals surface area contributed by atoms with E-state index in [2.05, 4.69) is 31.7 Å². The maximum Gasteiger partial charge on any atom is 0.165 e. The third-order valence-corrected chi connectivity index (χ3v) is 6.04. The van der Waals surface area contributed by atoms with E-state index in [4.69, 9.17) is 17.3 Å². The van der Waals surface area contributed by atoms with Crippen molar-refractivity contribution in [2.24, 2.45) is 5.84 Å². The number of nitrogens with one attached hydrogen (secondary N) is 2. The summed E-state index contributed by atoms with van der Waals surface area (Å²) in [5, 5.41) is 8.33. The van der Waals surface area contributed by atoms with Gasteiger partial charge in [0.15, 0.2) is 5.82 Å². The predicted octanol–water partition coefficient (Wildman–Crippen LogP) is 2.51. The van der Waals surface area contributed by atoms with Crippen molar-refractivity contribution >= 4 is 17.3 Å². The molecule has 0 bridgehead atoms.